The first kappa shape index (κ1) is 18.8. The SMILES string of the molecule is N#Cc1cc2n(n1)CCCN(C(=O)c1cccc(-c3cc4ccccc4oc3=O)c1)C2. The van der Waals surface area contributed by atoms with Crippen molar-refractivity contribution in [3.63, 3.8) is 0 Å². The van der Waals surface area contributed by atoms with E-state index in [1.54, 1.807) is 52.0 Å². The third-order valence-electron chi connectivity index (χ3n) is 5.48. The summed E-state index contributed by atoms with van der Waals surface area (Å²) in [6.45, 7) is 1.64. The summed E-state index contributed by atoms with van der Waals surface area (Å²) in [5.74, 6) is -0.125. The van der Waals surface area contributed by atoms with Gasteiger partial charge in [0.05, 0.1) is 17.8 Å². The quantitative estimate of drug-likeness (QED) is 0.471. The van der Waals surface area contributed by atoms with Gasteiger partial charge in [-0.3, -0.25) is 9.48 Å². The molecule has 2 aromatic heterocycles. The molecule has 3 heterocycles. The average molecular weight is 410 g/mol. The molecular weight excluding hydrogens is 392 g/mol. The van der Waals surface area contributed by atoms with Crippen molar-refractivity contribution in [2.75, 3.05) is 6.54 Å². The summed E-state index contributed by atoms with van der Waals surface area (Å²) in [6.07, 6.45) is 0.749. The second kappa shape index (κ2) is 7.58. The molecule has 0 radical (unpaired) electrons. The van der Waals surface area contributed by atoms with E-state index in [0.717, 1.165) is 17.5 Å². The predicted molar refractivity (Wildman–Crippen MR) is 114 cm³/mol. The lowest BCUT2D eigenvalue weighted by atomic mass is 10.0. The first-order chi connectivity index (χ1) is 15.1. The van der Waals surface area contributed by atoms with Gasteiger partial charge in [-0.1, -0.05) is 30.3 Å². The van der Waals surface area contributed by atoms with Crippen molar-refractivity contribution in [3.05, 3.63) is 88.0 Å². The predicted octanol–water partition coefficient (Wildman–Crippen LogP) is 3.57. The number of benzene rings is 2. The normalized spacial score (nSPS) is 13.5. The van der Waals surface area contributed by atoms with E-state index >= 15 is 0 Å². The topological polar surface area (TPSA) is 92.1 Å². The van der Waals surface area contributed by atoms with Crippen LogP contribution < -0.4 is 5.63 Å². The second-order valence-corrected chi connectivity index (χ2v) is 7.50. The molecule has 7 nitrogen and oxygen atoms in total. The molecule has 0 bridgehead atoms. The smallest absolute Gasteiger partial charge is 0.344 e. The second-order valence-electron chi connectivity index (χ2n) is 7.50. The molecule has 0 N–H and O–H groups in total. The minimum atomic E-state index is -0.439. The fourth-order valence-corrected chi connectivity index (χ4v) is 3.96. The molecule has 0 fully saturated rings. The van der Waals surface area contributed by atoms with Crippen molar-refractivity contribution < 1.29 is 9.21 Å². The van der Waals surface area contributed by atoms with E-state index in [1.807, 2.05) is 18.2 Å². The summed E-state index contributed by atoms with van der Waals surface area (Å²) < 4.78 is 7.24. The summed E-state index contributed by atoms with van der Waals surface area (Å²) in [5, 5.41) is 14.2. The molecule has 1 amide bonds. The molecule has 0 spiro atoms. The number of amides is 1. The number of para-hydroxylation sites is 1. The van der Waals surface area contributed by atoms with Gasteiger partial charge in [-0.2, -0.15) is 10.4 Å². The van der Waals surface area contributed by atoms with E-state index in [-0.39, 0.29) is 5.91 Å². The first-order valence-corrected chi connectivity index (χ1v) is 10.0. The summed E-state index contributed by atoms with van der Waals surface area (Å²) >= 11 is 0. The van der Waals surface area contributed by atoms with E-state index in [2.05, 4.69) is 11.2 Å². The molecule has 152 valence electrons. The van der Waals surface area contributed by atoms with Gasteiger partial charge in [-0.05, 0) is 42.3 Å². The lowest BCUT2D eigenvalue weighted by Gasteiger charge is -2.20. The highest BCUT2D eigenvalue weighted by atomic mass is 16.4. The Morgan fingerprint density at radius 3 is 2.81 bits per heavy atom. The van der Waals surface area contributed by atoms with Gasteiger partial charge in [0.1, 0.15) is 11.7 Å². The zero-order valence-corrected chi connectivity index (χ0v) is 16.6. The maximum absolute atomic E-state index is 13.2. The Kier molecular flexibility index (Phi) is 4.60. The minimum Gasteiger partial charge on any atom is -0.422 e. The maximum atomic E-state index is 13.2. The molecular formula is C24H18N4O3. The zero-order valence-electron chi connectivity index (χ0n) is 16.6. The molecule has 5 rings (SSSR count). The monoisotopic (exact) mass is 410 g/mol. The maximum Gasteiger partial charge on any atom is 0.344 e. The van der Waals surface area contributed by atoms with Crippen LogP contribution in [0.1, 0.15) is 28.2 Å². The largest absolute Gasteiger partial charge is 0.422 e. The Labute approximate surface area is 177 Å². The Bertz CT molecular complexity index is 1410. The number of nitriles is 1. The molecule has 1 aliphatic heterocycles. The number of rotatable bonds is 2. The number of nitrogens with zero attached hydrogens (tertiary/aromatic N) is 4. The van der Waals surface area contributed by atoms with E-state index in [9.17, 15) is 9.59 Å². The molecule has 0 aliphatic carbocycles. The van der Waals surface area contributed by atoms with Gasteiger partial charge < -0.3 is 9.32 Å². The summed E-state index contributed by atoms with van der Waals surface area (Å²) in [7, 11) is 0. The summed E-state index contributed by atoms with van der Waals surface area (Å²) in [6, 6.07) is 19.9. The minimum absolute atomic E-state index is 0.125. The van der Waals surface area contributed by atoms with Crippen LogP contribution in [0.15, 0.2) is 69.9 Å². The molecule has 0 unspecified atom stereocenters. The number of aromatic nitrogens is 2. The van der Waals surface area contributed by atoms with Crippen molar-refractivity contribution in [1.29, 1.82) is 5.26 Å². The molecule has 0 saturated heterocycles. The van der Waals surface area contributed by atoms with Crippen molar-refractivity contribution in [2.45, 2.75) is 19.5 Å². The number of hydrogen-bond donors (Lipinski definition) is 0. The van der Waals surface area contributed by atoms with Crippen LogP contribution in [0.5, 0.6) is 0 Å². The fraction of sp³-hybridized carbons (Fsp3) is 0.167. The molecule has 0 atom stereocenters. The molecule has 7 heteroatoms. The van der Waals surface area contributed by atoms with Crippen molar-refractivity contribution in [1.82, 2.24) is 14.7 Å². The van der Waals surface area contributed by atoms with E-state index in [4.69, 9.17) is 9.68 Å². The highest BCUT2D eigenvalue weighted by Crippen LogP contribution is 2.23. The van der Waals surface area contributed by atoms with Crippen molar-refractivity contribution in [3.8, 4) is 17.2 Å². The lowest BCUT2D eigenvalue weighted by molar-refractivity contribution is 0.0746. The number of carbonyl (C=O) groups excluding carboxylic acids is 1. The van der Waals surface area contributed by atoms with Crippen LogP contribution in [0, 0.1) is 11.3 Å². The molecule has 31 heavy (non-hydrogen) atoms. The lowest BCUT2D eigenvalue weighted by Crippen LogP contribution is -2.30. The standard InChI is InChI=1S/C24H18N4O3/c25-14-19-13-20-15-27(9-4-10-28(20)26-19)23(29)18-7-3-6-16(11-18)21-12-17-5-1-2-8-22(17)31-24(21)30/h1-3,5-8,11-13H,4,9-10,15H2. The van der Waals surface area contributed by atoms with Crippen LogP contribution in [0.3, 0.4) is 0 Å². The molecule has 4 aromatic rings. The summed E-state index contributed by atoms with van der Waals surface area (Å²) in [5.41, 5.74) is 2.84. The van der Waals surface area contributed by atoms with Gasteiger partial charge in [0, 0.05) is 24.0 Å². The Balaban J connectivity index is 1.48. The van der Waals surface area contributed by atoms with Gasteiger partial charge in [0.2, 0.25) is 0 Å². The third-order valence-corrected chi connectivity index (χ3v) is 5.48. The number of fused-ring (bicyclic) bond motifs is 2. The zero-order chi connectivity index (χ0) is 21.4. The number of carbonyl (C=O) groups is 1. The molecule has 2 aromatic carbocycles. The van der Waals surface area contributed by atoms with Gasteiger partial charge in [-0.15, -0.1) is 0 Å². The fourth-order valence-electron chi connectivity index (χ4n) is 3.96. The number of aryl methyl sites for hydroxylation is 1. The van der Waals surface area contributed by atoms with Crippen LogP contribution in [0.4, 0.5) is 0 Å². The van der Waals surface area contributed by atoms with E-state index in [1.165, 1.54) is 0 Å². The Morgan fingerprint density at radius 2 is 1.94 bits per heavy atom. The first-order valence-electron chi connectivity index (χ1n) is 10.0. The molecule has 0 saturated carbocycles. The number of hydrogen-bond acceptors (Lipinski definition) is 5. The summed E-state index contributed by atoms with van der Waals surface area (Å²) in [4.78, 5) is 27.5. The van der Waals surface area contributed by atoms with Crippen LogP contribution >= 0.6 is 0 Å². The highest BCUT2D eigenvalue weighted by molar-refractivity contribution is 5.95. The Hall–Kier alpha value is -4.18. The van der Waals surface area contributed by atoms with Crippen LogP contribution in [0.25, 0.3) is 22.1 Å². The Morgan fingerprint density at radius 1 is 1.06 bits per heavy atom. The van der Waals surface area contributed by atoms with Gasteiger partial charge in [0.15, 0.2) is 5.69 Å². The van der Waals surface area contributed by atoms with Crippen LogP contribution in [-0.2, 0) is 13.1 Å². The van der Waals surface area contributed by atoms with Gasteiger partial charge >= 0.3 is 5.63 Å². The van der Waals surface area contributed by atoms with Crippen LogP contribution in [-0.4, -0.2) is 27.1 Å². The van der Waals surface area contributed by atoms with E-state index < -0.39 is 5.63 Å². The third kappa shape index (κ3) is 3.49. The van der Waals surface area contributed by atoms with Crippen LogP contribution in [0.2, 0.25) is 0 Å². The highest BCUT2D eigenvalue weighted by Gasteiger charge is 2.22. The average Bonchev–Trinajstić information content (AvgIpc) is 3.08. The van der Waals surface area contributed by atoms with Gasteiger partial charge in [-0.25, -0.2) is 4.79 Å². The van der Waals surface area contributed by atoms with Crippen molar-refractivity contribution >= 4 is 16.9 Å². The van der Waals surface area contributed by atoms with Gasteiger partial charge in [0.25, 0.3) is 5.91 Å². The molecule has 1 aliphatic rings. The van der Waals surface area contributed by atoms with E-state index in [0.29, 0.717) is 47.6 Å². The van der Waals surface area contributed by atoms with Crippen molar-refractivity contribution in [2.24, 2.45) is 0 Å².